The van der Waals surface area contributed by atoms with Crippen LogP contribution >= 0.6 is 0 Å². The molecule has 6 heteroatoms. The van der Waals surface area contributed by atoms with Crippen molar-refractivity contribution in [3.05, 3.63) is 29.8 Å². The van der Waals surface area contributed by atoms with Crippen LogP contribution in [0.4, 0.5) is 0 Å². The molecule has 24 heavy (non-hydrogen) atoms. The van der Waals surface area contributed by atoms with Gasteiger partial charge in [-0.2, -0.15) is 0 Å². The van der Waals surface area contributed by atoms with Gasteiger partial charge >= 0.3 is 5.97 Å². The fourth-order valence-corrected chi connectivity index (χ4v) is 3.13. The van der Waals surface area contributed by atoms with E-state index in [2.05, 4.69) is 23.5 Å². The lowest BCUT2D eigenvalue weighted by atomic mass is 9.97. The fourth-order valence-electron chi connectivity index (χ4n) is 3.13. The number of likely N-dealkylation sites (tertiary alicyclic amines) is 1. The highest BCUT2D eigenvalue weighted by atomic mass is 35.5. The molecule has 136 valence electrons. The number of hydrogen-bond donors (Lipinski definition) is 1. The van der Waals surface area contributed by atoms with Gasteiger partial charge in [-0.3, -0.25) is 4.90 Å². The van der Waals surface area contributed by atoms with Gasteiger partial charge in [0.1, 0.15) is 18.5 Å². The lowest BCUT2D eigenvalue weighted by Gasteiger charge is -2.40. The highest BCUT2D eigenvalue weighted by molar-refractivity contribution is 5.89. The average molecular weight is 357 g/mol. The molecule has 1 aliphatic rings. The van der Waals surface area contributed by atoms with Gasteiger partial charge in [-0.25, -0.2) is 4.79 Å². The van der Waals surface area contributed by atoms with E-state index in [-0.39, 0.29) is 25.0 Å². The van der Waals surface area contributed by atoms with E-state index in [0.29, 0.717) is 29.9 Å². The molecule has 1 N–H and O–H groups in total. The van der Waals surface area contributed by atoms with Crippen LogP contribution in [0.15, 0.2) is 24.3 Å². The van der Waals surface area contributed by atoms with Crippen molar-refractivity contribution in [2.24, 2.45) is 0 Å². The van der Waals surface area contributed by atoms with Crippen LogP contribution in [0, 0.1) is 0 Å². The molecular weight excluding hydrogens is 330 g/mol. The van der Waals surface area contributed by atoms with Gasteiger partial charge in [0, 0.05) is 18.6 Å². The summed E-state index contributed by atoms with van der Waals surface area (Å²) < 4.78 is 10.3. The number of β-amino-alcohol motifs (C(OH)–C–C–N with tert-alkyl or cyclic N) is 1. The van der Waals surface area contributed by atoms with Gasteiger partial charge in [0.15, 0.2) is 0 Å². The minimum Gasteiger partial charge on any atom is -1.00 e. The maximum Gasteiger partial charge on any atom is 0.337 e. The number of carbonyl (C=O) groups is 1. The van der Waals surface area contributed by atoms with Crippen molar-refractivity contribution < 1.29 is 31.8 Å². The number of carbonyl (C=O) groups excluding carboxylic acids is 1. The summed E-state index contributed by atoms with van der Waals surface area (Å²) >= 11 is 0. The number of rotatable bonds is 6. The van der Waals surface area contributed by atoms with E-state index in [0.717, 1.165) is 0 Å². The van der Waals surface area contributed by atoms with Gasteiger partial charge in [-0.05, 0) is 51.0 Å². The van der Waals surface area contributed by atoms with Crippen LogP contribution in [0.1, 0.15) is 43.5 Å². The first-order valence-electron chi connectivity index (χ1n) is 8.26. The Labute approximate surface area is 150 Å². The summed E-state index contributed by atoms with van der Waals surface area (Å²) in [4.78, 5) is 13.7. The highest BCUT2D eigenvalue weighted by Gasteiger charge is 2.26. The summed E-state index contributed by atoms with van der Waals surface area (Å²) in [6.07, 6.45) is 3.11. The lowest BCUT2D eigenvalue weighted by molar-refractivity contribution is -0.0000213. The number of benzene rings is 1. The molecule has 0 aliphatic carbocycles. The van der Waals surface area contributed by atoms with E-state index in [9.17, 15) is 9.90 Å². The third-order valence-corrected chi connectivity index (χ3v) is 4.52. The smallest absolute Gasteiger partial charge is 0.337 e. The molecule has 0 aromatic heterocycles. The number of piperidine rings is 1. The van der Waals surface area contributed by atoms with Crippen LogP contribution in [-0.4, -0.2) is 54.4 Å². The molecule has 1 aliphatic heterocycles. The molecule has 2 rings (SSSR count). The zero-order valence-electron chi connectivity index (χ0n) is 14.6. The van der Waals surface area contributed by atoms with Gasteiger partial charge < -0.3 is 27.0 Å². The third-order valence-electron chi connectivity index (χ3n) is 4.52. The first-order chi connectivity index (χ1) is 11.0. The van der Waals surface area contributed by atoms with Crippen molar-refractivity contribution in [3.63, 3.8) is 0 Å². The molecule has 0 spiro atoms. The first-order valence-corrected chi connectivity index (χ1v) is 8.26. The molecule has 1 fully saturated rings. The molecule has 5 nitrogen and oxygen atoms in total. The van der Waals surface area contributed by atoms with E-state index in [1.807, 2.05) is 0 Å². The standard InChI is InChI=1S/C18H27NO4.ClH/c1-13-5-4-6-14(2)19(13)11-16(20)12-23-17-9-7-15(8-10-17)18(21)22-3;/h7-10,13-14,16,20H,4-6,11-12H2,1-3H3;1H/p-1. The van der Waals surface area contributed by atoms with E-state index < -0.39 is 6.10 Å². The number of methoxy groups -OCH3 is 1. The Balaban J connectivity index is 0.00000288. The maximum atomic E-state index is 11.4. The van der Waals surface area contributed by atoms with Gasteiger partial charge in [0.05, 0.1) is 12.7 Å². The van der Waals surface area contributed by atoms with Gasteiger partial charge in [0.25, 0.3) is 0 Å². The summed E-state index contributed by atoms with van der Waals surface area (Å²) in [5, 5.41) is 10.2. The predicted octanol–water partition coefficient (Wildman–Crippen LogP) is -0.520. The van der Waals surface area contributed by atoms with Crippen molar-refractivity contribution in [1.82, 2.24) is 4.90 Å². The molecule has 1 aromatic carbocycles. The number of halogens is 1. The van der Waals surface area contributed by atoms with E-state index in [4.69, 9.17) is 4.74 Å². The number of esters is 1. The van der Waals surface area contributed by atoms with Crippen molar-refractivity contribution in [1.29, 1.82) is 0 Å². The van der Waals surface area contributed by atoms with Crippen LogP contribution in [-0.2, 0) is 4.74 Å². The van der Waals surface area contributed by atoms with Crippen LogP contribution < -0.4 is 17.1 Å². The second-order valence-corrected chi connectivity index (χ2v) is 6.31. The Bertz CT molecular complexity index is 498. The quantitative estimate of drug-likeness (QED) is 0.695. The third kappa shape index (κ3) is 5.65. The van der Waals surface area contributed by atoms with Crippen molar-refractivity contribution >= 4 is 5.97 Å². The zero-order valence-corrected chi connectivity index (χ0v) is 15.3. The van der Waals surface area contributed by atoms with Crippen LogP contribution in [0.25, 0.3) is 0 Å². The Morgan fingerprint density at radius 2 is 1.83 bits per heavy atom. The van der Waals surface area contributed by atoms with Crippen LogP contribution in [0.5, 0.6) is 5.75 Å². The number of nitrogens with zero attached hydrogens (tertiary/aromatic N) is 1. The first kappa shape index (κ1) is 20.7. The monoisotopic (exact) mass is 356 g/mol. The summed E-state index contributed by atoms with van der Waals surface area (Å²) in [5.41, 5.74) is 0.483. The summed E-state index contributed by atoms with van der Waals surface area (Å²) in [7, 11) is 1.35. The Morgan fingerprint density at radius 1 is 1.25 bits per heavy atom. The van der Waals surface area contributed by atoms with Gasteiger partial charge in [-0.1, -0.05) is 6.42 Å². The average Bonchev–Trinajstić information content (AvgIpc) is 2.56. The van der Waals surface area contributed by atoms with Gasteiger partial charge in [0.2, 0.25) is 0 Å². The SMILES string of the molecule is COC(=O)c1ccc(OCC(O)CN2C(C)CCCC2C)cc1.[Cl-]. The molecule has 3 atom stereocenters. The Hall–Kier alpha value is -1.30. The number of hydrogen-bond acceptors (Lipinski definition) is 5. The highest BCUT2D eigenvalue weighted by Crippen LogP contribution is 2.22. The Morgan fingerprint density at radius 3 is 2.38 bits per heavy atom. The Kier molecular flexibility index (Phi) is 8.53. The van der Waals surface area contributed by atoms with Crippen LogP contribution in [0.3, 0.4) is 0 Å². The van der Waals surface area contributed by atoms with Crippen LogP contribution in [0.2, 0.25) is 0 Å². The number of aliphatic hydroxyl groups excluding tert-OH is 1. The second-order valence-electron chi connectivity index (χ2n) is 6.31. The number of ether oxygens (including phenoxy) is 2. The lowest BCUT2D eigenvalue weighted by Crippen LogP contribution is -3.00. The molecule has 0 amide bonds. The molecular formula is C18H27ClNO4-. The molecule has 1 saturated heterocycles. The summed E-state index contributed by atoms with van der Waals surface area (Å²) in [5.74, 6) is 0.265. The van der Waals surface area contributed by atoms with Crippen molar-refractivity contribution in [2.75, 3.05) is 20.3 Å². The maximum absolute atomic E-state index is 11.4. The predicted molar refractivity (Wildman–Crippen MR) is 88.8 cm³/mol. The van der Waals surface area contributed by atoms with E-state index in [1.54, 1.807) is 24.3 Å². The second kappa shape index (κ2) is 9.87. The minimum atomic E-state index is -0.529. The van der Waals surface area contributed by atoms with Gasteiger partial charge in [-0.15, -0.1) is 0 Å². The van der Waals surface area contributed by atoms with Crippen molar-refractivity contribution in [2.45, 2.75) is 51.3 Å². The topological polar surface area (TPSA) is 59.0 Å². The minimum absolute atomic E-state index is 0. The molecule has 0 saturated carbocycles. The molecule has 0 radical (unpaired) electrons. The fraction of sp³-hybridized carbons (Fsp3) is 0.611. The zero-order chi connectivity index (χ0) is 16.8. The summed E-state index contributed by atoms with van der Waals surface area (Å²) in [6.45, 7) is 5.31. The van der Waals surface area contributed by atoms with Crippen molar-refractivity contribution in [3.8, 4) is 5.75 Å². The van der Waals surface area contributed by atoms with E-state index >= 15 is 0 Å². The molecule has 1 aromatic rings. The largest absolute Gasteiger partial charge is 1.00 e. The molecule has 3 unspecified atom stereocenters. The molecule has 0 bridgehead atoms. The summed E-state index contributed by atoms with van der Waals surface area (Å²) in [6, 6.07) is 7.75. The normalized spacial score (nSPS) is 22.3. The molecule has 1 heterocycles. The van der Waals surface area contributed by atoms with E-state index in [1.165, 1.54) is 26.4 Å². The number of aliphatic hydroxyl groups is 1.